The summed E-state index contributed by atoms with van der Waals surface area (Å²) in [6.07, 6.45) is 2.44. The Morgan fingerprint density at radius 2 is 2.18 bits per heavy atom. The quantitative estimate of drug-likeness (QED) is 0.798. The van der Waals surface area contributed by atoms with E-state index in [0.717, 1.165) is 25.5 Å². The average Bonchev–Trinajstić information content (AvgIpc) is 3.03. The normalized spacial score (nSPS) is 15.2. The Hall–Kier alpha value is -0.460. The third kappa shape index (κ3) is 2.86. The smallest absolute Gasteiger partial charge is 0.156 e. The predicted octanol–water partition coefficient (Wildman–Crippen LogP) is 4.03. The molecule has 0 atom stereocenters. The summed E-state index contributed by atoms with van der Waals surface area (Å²) in [5.41, 5.74) is 1.06. The minimum absolute atomic E-state index is 0.574. The van der Waals surface area contributed by atoms with Crippen LogP contribution in [-0.2, 0) is 0 Å². The van der Waals surface area contributed by atoms with Crippen LogP contribution in [0, 0.1) is 6.92 Å². The van der Waals surface area contributed by atoms with Crippen LogP contribution in [0.3, 0.4) is 0 Å². The third-order valence-corrected chi connectivity index (χ3v) is 4.80. The number of thiazole rings is 1. The molecule has 0 bridgehead atoms. The summed E-state index contributed by atoms with van der Waals surface area (Å²) in [4.78, 5) is 13.4. The molecule has 3 rings (SSSR count). The highest BCUT2D eigenvalue weighted by Gasteiger charge is 2.27. The molecule has 0 aromatic carbocycles. The van der Waals surface area contributed by atoms with Crippen LogP contribution in [0.2, 0.25) is 0 Å². The molecule has 0 saturated heterocycles. The molecule has 1 aliphatic carbocycles. The fraction of sp³-hybridized carbons (Fsp3) is 0.364. The molecular weight excluding hydrogens is 318 g/mol. The molecule has 0 radical (unpaired) electrons. The maximum atomic E-state index is 4.59. The number of hydrogen-bond donors (Lipinski definition) is 0. The van der Waals surface area contributed by atoms with Gasteiger partial charge in [0.15, 0.2) is 4.34 Å². The van der Waals surface area contributed by atoms with Crippen molar-refractivity contribution in [3.05, 3.63) is 27.6 Å². The molecule has 0 N–H and O–H groups in total. The van der Waals surface area contributed by atoms with Crippen molar-refractivity contribution in [3.63, 3.8) is 0 Å². The number of aryl methyl sites for hydroxylation is 1. The lowest BCUT2D eigenvalue weighted by Crippen LogP contribution is -1.94. The second-order valence-electron chi connectivity index (χ2n) is 4.02. The van der Waals surface area contributed by atoms with E-state index in [-0.39, 0.29) is 0 Å². The summed E-state index contributed by atoms with van der Waals surface area (Å²) in [6, 6.07) is 1.95. The Morgan fingerprint density at radius 3 is 2.82 bits per heavy atom. The van der Waals surface area contributed by atoms with E-state index >= 15 is 0 Å². The van der Waals surface area contributed by atoms with Gasteiger partial charge in [-0.15, -0.1) is 11.3 Å². The van der Waals surface area contributed by atoms with Gasteiger partial charge in [0.1, 0.15) is 15.5 Å². The Balaban J connectivity index is 1.86. The molecule has 2 aromatic heterocycles. The largest absolute Gasteiger partial charge is 0.235 e. The first-order valence-corrected chi connectivity index (χ1v) is 7.84. The molecule has 1 fully saturated rings. The van der Waals surface area contributed by atoms with Gasteiger partial charge < -0.3 is 0 Å². The second kappa shape index (κ2) is 4.66. The van der Waals surface area contributed by atoms with Gasteiger partial charge in [-0.25, -0.2) is 15.0 Å². The molecule has 0 unspecified atom stereocenters. The van der Waals surface area contributed by atoms with E-state index in [1.165, 1.54) is 12.8 Å². The van der Waals surface area contributed by atoms with Crippen LogP contribution >= 0.6 is 39.0 Å². The zero-order chi connectivity index (χ0) is 11.8. The second-order valence-corrected chi connectivity index (χ2v) is 6.96. The SMILES string of the molecule is Cc1csc(Sc2cc(Br)nc(C3CC3)n2)n1. The lowest BCUT2D eigenvalue weighted by Gasteiger charge is -2.02. The highest BCUT2D eigenvalue weighted by molar-refractivity contribution is 9.10. The maximum Gasteiger partial charge on any atom is 0.156 e. The summed E-state index contributed by atoms with van der Waals surface area (Å²) in [6.45, 7) is 2.01. The summed E-state index contributed by atoms with van der Waals surface area (Å²) < 4.78 is 1.90. The molecule has 0 amide bonds. The molecule has 0 spiro atoms. The molecule has 3 nitrogen and oxygen atoms in total. The Labute approximate surface area is 116 Å². The molecule has 17 heavy (non-hydrogen) atoms. The number of halogens is 1. The van der Waals surface area contributed by atoms with Gasteiger partial charge in [0.25, 0.3) is 0 Å². The standard InChI is InChI=1S/C11H10BrN3S2/c1-6-5-16-11(13-6)17-9-4-8(12)14-10(15-9)7-2-3-7/h4-5,7H,2-3H2,1H3. The van der Waals surface area contributed by atoms with Gasteiger partial charge in [-0.3, -0.25) is 0 Å². The topological polar surface area (TPSA) is 38.7 Å². The Morgan fingerprint density at radius 1 is 1.35 bits per heavy atom. The summed E-state index contributed by atoms with van der Waals surface area (Å²) in [5.74, 6) is 1.54. The number of nitrogens with zero attached hydrogens (tertiary/aromatic N) is 3. The van der Waals surface area contributed by atoms with Crippen molar-refractivity contribution in [2.24, 2.45) is 0 Å². The van der Waals surface area contributed by atoms with Crippen molar-refractivity contribution in [1.82, 2.24) is 15.0 Å². The predicted molar refractivity (Wildman–Crippen MR) is 72.7 cm³/mol. The fourth-order valence-corrected chi connectivity index (χ4v) is 3.80. The monoisotopic (exact) mass is 327 g/mol. The lowest BCUT2D eigenvalue weighted by molar-refractivity contribution is 0.866. The van der Waals surface area contributed by atoms with E-state index in [9.17, 15) is 0 Å². The lowest BCUT2D eigenvalue weighted by atomic mass is 10.4. The number of hydrogen-bond acceptors (Lipinski definition) is 5. The van der Waals surface area contributed by atoms with Gasteiger partial charge in [0.2, 0.25) is 0 Å². The van der Waals surface area contributed by atoms with Gasteiger partial charge in [-0.2, -0.15) is 0 Å². The number of aromatic nitrogens is 3. The van der Waals surface area contributed by atoms with Crippen LogP contribution in [0.25, 0.3) is 0 Å². The summed E-state index contributed by atoms with van der Waals surface area (Å²) >= 11 is 6.71. The summed E-state index contributed by atoms with van der Waals surface area (Å²) in [7, 11) is 0. The van der Waals surface area contributed by atoms with Crippen molar-refractivity contribution in [2.75, 3.05) is 0 Å². The molecular formula is C11H10BrN3S2. The van der Waals surface area contributed by atoms with Gasteiger partial charge in [0, 0.05) is 23.1 Å². The minimum atomic E-state index is 0.574. The van der Waals surface area contributed by atoms with Crippen LogP contribution in [-0.4, -0.2) is 15.0 Å². The molecule has 6 heteroatoms. The molecule has 1 aliphatic rings. The van der Waals surface area contributed by atoms with Crippen LogP contribution in [0.1, 0.15) is 30.3 Å². The first kappa shape index (κ1) is 11.6. The molecule has 0 aliphatic heterocycles. The fourth-order valence-electron chi connectivity index (χ4n) is 1.46. The average molecular weight is 328 g/mol. The zero-order valence-electron chi connectivity index (χ0n) is 9.18. The van der Waals surface area contributed by atoms with Crippen molar-refractivity contribution >= 4 is 39.0 Å². The molecule has 88 valence electrons. The van der Waals surface area contributed by atoms with Crippen LogP contribution in [0.5, 0.6) is 0 Å². The highest BCUT2D eigenvalue weighted by Crippen LogP contribution is 2.39. The van der Waals surface area contributed by atoms with Crippen molar-refractivity contribution in [3.8, 4) is 0 Å². The van der Waals surface area contributed by atoms with E-state index < -0.39 is 0 Å². The van der Waals surface area contributed by atoms with Crippen molar-refractivity contribution in [1.29, 1.82) is 0 Å². The number of rotatable bonds is 3. The summed E-state index contributed by atoms with van der Waals surface area (Å²) in [5, 5.41) is 3.03. The van der Waals surface area contributed by atoms with Crippen molar-refractivity contribution in [2.45, 2.75) is 35.0 Å². The van der Waals surface area contributed by atoms with Crippen LogP contribution in [0.15, 0.2) is 25.4 Å². The van der Waals surface area contributed by atoms with Gasteiger partial charge in [-0.1, -0.05) is 0 Å². The first-order valence-electron chi connectivity index (χ1n) is 5.35. The Bertz CT molecular complexity index is 551. The van der Waals surface area contributed by atoms with Gasteiger partial charge >= 0.3 is 0 Å². The minimum Gasteiger partial charge on any atom is -0.235 e. The first-order chi connectivity index (χ1) is 8.20. The van der Waals surface area contributed by atoms with E-state index in [1.807, 2.05) is 13.0 Å². The van der Waals surface area contributed by atoms with Crippen LogP contribution < -0.4 is 0 Å². The maximum absolute atomic E-state index is 4.59. The van der Waals surface area contributed by atoms with Gasteiger partial charge in [0.05, 0.1) is 0 Å². The van der Waals surface area contributed by atoms with E-state index in [4.69, 9.17) is 0 Å². The van der Waals surface area contributed by atoms with Crippen molar-refractivity contribution < 1.29 is 0 Å². The zero-order valence-corrected chi connectivity index (χ0v) is 12.4. The highest BCUT2D eigenvalue weighted by atomic mass is 79.9. The van der Waals surface area contributed by atoms with E-state index in [2.05, 4.69) is 36.3 Å². The van der Waals surface area contributed by atoms with Gasteiger partial charge in [-0.05, 0) is 47.5 Å². The molecule has 2 aromatic rings. The Kier molecular flexibility index (Phi) is 3.19. The molecule has 1 saturated carbocycles. The third-order valence-electron chi connectivity index (χ3n) is 2.42. The van der Waals surface area contributed by atoms with Crippen LogP contribution in [0.4, 0.5) is 0 Å². The van der Waals surface area contributed by atoms with E-state index in [0.29, 0.717) is 5.92 Å². The molecule has 2 heterocycles. The van der Waals surface area contributed by atoms with E-state index in [1.54, 1.807) is 23.1 Å².